The molecule has 0 bridgehead atoms. The average molecular weight is 670 g/mol. The van der Waals surface area contributed by atoms with E-state index >= 15 is 0 Å². The van der Waals surface area contributed by atoms with Gasteiger partial charge in [0.15, 0.2) is 0 Å². The molecule has 1 aromatic carbocycles. The Morgan fingerprint density at radius 2 is 1.42 bits per heavy atom. The number of carbonyl (C=O) groups excluding carboxylic acids is 1. The number of hydrogen-bond acceptors (Lipinski definition) is 2. The van der Waals surface area contributed by atoms with Gasteiger partial charge in [0, 0.05) is 10.7 Å². The van der Waals surface area contributed by atoms with E-state index in [0.29, 0.717) is 12.2 Å². The van der Waals surface area contributed by atoms with Gasteiger partial charge >= 0.3 is 5.97 Å². The monoisotopic (exact) mass is 670 g/mol. The van der Waals surface area contributed by atoms with Crippen LogP contribution >= 0.6 is 67.8 Å². The van der Waals surface area contributed by atoms with Crippen LogP contribution in [0.2, 0.25) is 0 Å². The van der Waals surface area contributed by atoms with Crippen LogP contribution < -0.4 is 0 Å². The zero-order chi connectivity index (χ0) is 18.2. The summed E-state index contributed by atoms with van der Waals surface area (Å²) in [6.45, 7) is 11.6. The van der Waals surface area contributed by atoms with Crippen LogP contribution in [0.1, 0.15) is 50.4 Å². The smallest absolute Gasteiger partial charge is 0.340 e. The lowest BCUT2D eigenvalue weighted by Crippen LogP contribution is -2.51. The normalized spacial score (nSPS) is 11.6. The molecule has 0 atom stereocenters. The largest absolute Gasteiger partial charge is 0.456 e. The maximum Gasteiger partial charge on any atom is 0.340 e. The Balaban J connectivity index is 2.77. The Labute approximate surface area is 187 Å². The number of esters is 1. The maximum atomic E-state index is 12.6. The van der Waals surface area contributed by atoms with Crippen LogP contribution in [-0.2, 0) is 4.74 Å². The highest BCUT2D eigenvalue weighted by atomic mass is 127. The van der Waals surface area contributed by atoms with E-state index in [1.165, 1.54) is 19.3 Å². The third kappa shape index (κ3) is 6.53. The maximum absolute atomic E-state index is 12.6. The second-order valence-corrected chi connectivity index (χ2v) is 9.49. The molecule has 0 fully saturated rings. The summed E-state index contributed by atoms with van der Waals surface area (Å²) < 4.78 is 9.77. The van der Waals surface area contributed by atoms with Crippen molar-refractivity contribution in [2.75, 3.05) is 32.8 Å². The molecule has 24 heavy (non-hydrogen) atoms. The summed E-state index contributed by atoms with van der Waals surface area (Å²) in [6, 6.07) is 4.01. The first-order valence-corrected chi connectivity index (χ1v) is 11.8. The lowest BCUT2D eigenvalue weighted by Gasteiger charge is -2.38. The van der Waals surface area contributed by atoms with Crippen molar-refractivity contribution in [1.29, 1.82) is 0 Å². The molecule has 0 spiro atoms. The van der Waals surface area contributed by atoms with Gasteiger partial charge in [-0.2, -0.15) is 0 Å². The minimum absolute atomic E-state index is 0.190. The highest BCUT2D eigenvalue weighted by Crippen LogP contribution is 2.25. The van der Waals surface area contributed by atoms with E-state index in [2.05, 4.69) is 88.5 Å². The van der Waals surface area contributed by atoms with Gasteiger partial charge in [0.2, 0.25) is 0 Å². The van der Waals surface area contributed by atoms with Crippen molar-refractivity contribution in [3.63, 3.8) is 0 Å². The summed E-state index contributed by atoms with van der Waals surface area (Å²) in [6.07, 6.45) is 3.50. The predicted molar refractivity (Wildman–Crippen MR) is 125 cm³/mol. The van der Waals surface area contributed by atoms with Crippen molar-refractivity contribution in [3.05, 3.63) is 28.4 Å². The van der Waals surface area contributed by atoms with Gasteiger partial charge < -0.3 is 9.22 Å². The summed E-state index contributed by atoms with van der Waals surface area (Å²) >= 11 is 6.71. The van der Waals surface area contributed by atoms with Gasteiger partial charge in [-0.15, -0.1) is 0 Å². The van der Waals surface area contributed by atoms with Gasteiger partial charge in [-0.1, -0.05) is 20.8 Å². The molecule has 0 aliphatic rings. The average Bonchev–Trinajstić information content (AvgIpc) is 2.52. The Morgan fingerprint density at radius 1 is 0.917 bits per heavy atom. The van der Waals surface area contributed by atoms with Crippen LogP contribution in [0.3, 0.4) is 0 Å². The third-order valence-corrected chi connectivity index (χ3v) is 8.09. The highest BCUT2D eigenvalue weighted by Gasteiger charge is 2.25. The number of rotatable bonds is 10. The minimum atomic E-state index is -0.190. The fraction of sp³-hybridized carbons (Fsp3) is 0.611. The molecule has 0 saturated carbocycles. The number of carbonyl (C=O) groups is 1. The molecule has 0 aromatic heterocycles. The van der Waals surface area contributed by atoms with Crippen LogP contribution in [0.4, 0.5) is 0 Å². The van der Waals surface area contributed by atoms with Crippen molar-refractivity contribution in [1.82, 2.24) is 0 Å². The van der Waals surface area contributed by atoms with Crippen molar-refractivity contribution in [2.24, 2.45) is 0 Å². The number of benzene rings is 1. The summed E-state index contributed by atoms with van der Waals surface area (Å²) in [5.41, 5.74) is 0.711. The Kier molecular flexibility index (Phi) is 11.0. The first-order chi connectivity index (χ1) is 11.4. The molecule has 0 amide bonds. The van der Waals surface area contributed by atoms with Gasteiger partial charge in [0.05, 0.1) is 25.2 Å². The standard InChI is InChI=1S/C18H27I3NO2/c1-4-9-22(10-5-2,11-6-3)12-13-24-18(23)16-14(19)7-8-15(20)17(16)21/h7-8H,4-6,9-13H2,1-3H3/q+1. The van der Waals surface area contributed by atoms with E-state index in [0.717, 1.165) is 41.4 Å². The van der Waals surface area contributed by atoms with Crippen molar-refractivity contribution in [3.8, 4) is 0 Å². The van der Waals surface area contributed by atoms with Gasteiger partial charge in [-0.3, -0.25) is 0 Å². The molecular formula is C18H27I3NO2+. The van der Waals surface area contributed by atoms with E-state index in [4.69, 9.17) is 4.74 Å². The van der Waals surface area contributed by atoms with Crippen LogP contribution in [0.15, 0.2) is 12.1 Å². The summed E-state index contributed by atoms with van der Waals surface area (Å²) in [7, 11) is 0. The summed E-state index contributed by atoms with van der Waals surface area (Å²) in [4.78, 5) is 12.6. The SMILES string of the molecule is CCC[N+](CCC)(CCC)CCOC(=O)c1c(I)ccc(I)c1I. The molecule has 6 heteroatoms. The minimum Gasteiger partial charge on any atom is -0.456 e. The molecule has 1 aromatic rings. The summed E-state index contributed by atoms with van der Waals surface area (Å²) in [5.74, 6) is -0.190. The molecule has 0 radical (unpaired) electrons. The van der Waals surface area contributed by atoms with Gasteiger partial charge in [0.25, 0.3) is 0 Å². The van der Waals surface area contributed by atoms with Crippen LogP contribution in [0, 0.1) is 10.7 Å². The lowest BCUT2D eigenvalue weighted by atomic mass is 10.2. The van der Waals surface area contributed by atoms with Gasteiger partial charge in [-0.25, -0.2) is 4.79 Å². The lowest BCUT2D eigenvalue weighted by molar-refractivity contribution is -0.928. The molecule has 3 nitrogen and oxygen atoms in total. The van der Waals surface area contributed by atoms with Crippen molar-refractivity contribution >= 4 is 73.7 Å². The van der Waals surface area contributed by atoms with E-state index < -0.39 is 0 Å². The van der Waals surface area contributed by atoms with Crippen LogP contribution in [0.5, 0.6) is 0 Å². The molecule has 0 N–H and O–H groups in total. The predicted octanol–water partition coefficient (Wildman–Crippen LogP) is 5.70. The number of halogens is 3. The number of hydrogen-bond donors (Lipinski definition) is 0. The zero-order valence-corrected chi connectivity index (χ0v) is 21.2. The number of nitrogens with zero attached hydrogens (tertiary/aromatic N) is 1. The van der Waals surface area contributed by atoms with Gasteiger partial charge in [-0.05, 0) is 99.2 Å². The van der Waals surface area contributed by atoms with Crippen LogP contribution in [0.25, 0.3) is 0 Å². The van der Waals surface area contributed by atoms with Crippen LogP contribution in [-0.4, -0.2) is 43.2 Å². The molecule has 0 aliphatic carbocycles. The third-order valence-electron chi connectivity index (χ3n) is 4.14. The quantitative estimate of drug-likeness (QED) is 0.138. The van der Waals surface area contributed by atoms with E-state index in [1.807, 2.05) is 12.1 Å². The van der Waals surface area contributed by atoms with Crippen molar-refractivity contribution < 1.29 is 14.0 Å². The second-order valence-electron chi connectivity index (χ2n) is 6.09. The van der Waals surface area contributed by atoms with Gasteiger partial charge in [0.1, 0.15) is 13.2 Å². The summed E-state index contributed by atoms with van der Waals surface area (Å²) in [5, 5.41) is 0. The molecule has 0 heterocycles. The first kappa shape index (κ1) is 22.9. The molecule has 0 aliphatic heterocycles. The van der Waals surface area contributed by atoms with Crippen molar-refractivity contribution in [2.45, 2.75) is 40.0 Å². The van der Waals surface area contributed by atoms with E-state index in [1.54, 1.807) is 0 Å². The Hall–Kier alpha value is 0.840. The molecule has 0 unspecified atom stereocenters. The second kappa shape index (κ2) is 11.5. The topological polar surface area (TPSA) is 26.3 Å². The number of ether oxygens (including phenoxy) is 1. The van der Waals surface area contributed by atoms with E-state index in [9.17, 15) is 4.79 Å². The zero-order valence-electron chi connectivity index (χ0n) is 14.7. The number of quaternary nitrogens is 1. The molecular weight excluding hydrogens is 643 g/mol. The van der Waals surface area contributed by atoms with E-state index in [-0.39, 0.29) is 5.97 Å². The Morgan fingerprint density at radius 3 is 1.92 bits per heavy atom. The highest BCUT2D eigenvalue weighted by molar-refractivity contribution is 14.1. The molecule has 0 saturated heterocycles. The molecule has 136 valence electrons. The first-order valence-electron chi connectivity index (χ1n) is 8.56. The molecule has 1 rings (SSSR count). The Bertz CT molecular complexity index is 532. The fourth-order valence-electron chi connectivity index (χ4n) is 3.21. The fourth-order valence-corrected chi connectivity index (χ4v) is 5.54.